The highest BCUT2D eigenvalue weighted by molar-refractivity contribution is 5.77. The lowest BCUT2D eigenvalue weighted by atomic mass is 10.1. The van der Waals surface area contributed by atoms with E-state index in [9.17, 15) is 23.1 Å². The molecule has 1 aromatic rings. The first-order valence-corrected chi connectivity index (χ1v) is 7.60. The van der Waals surface area contributed by atoms with Crippen LogP contribution < -0.4 is 4.74 Å². The molecule has 0 aliphatic carbocycles. The summed E-state index contributed by atoms with van der Waals surface area (Å²) in [4.78, 5) is 13.9. The van der Waals surface area contributed by atoms with E-state index in [1.54, 1.807) is 12.0 Å². The number of aliphatic hydroxyl groups excluding tert-OH is 1. The molecule has 1 N–H and O–H groups in total. The number of methoxy groups -OCH3 is 1. The van der Waals surface area contributed by atoms with Gasteiger partial charge in [0.1, 0.15) is 5.75 Å². The van der Waals surface area contributed by atoms with Gasteiger partial charge in [0.2, 0.25) is 5.91 Å². The molecule has 1 aliphatic heterocycles. The molecule has 5 nitrogen and oxygen atoms in total. The van der Waals surface area contributed by atoms with Crippen molar-refractivity contribution in [2.45, 2.75) is 37.8 Å². The number of aliphatic hydroxyl groups is 1. The number of carbonyl (C=O) groups excluding carboxylic acids is 1. The van der Waals surface area contributed by atoms with Crippen molar-refractivity contribution in [2.24, 2.45) is 0 Å². The minimum absolute atomic E-state index is 0.0788. The van der Waals surface area contributed by atoms with Gasteiger partial charge in [0.05, 0.1) is 18.8 Å². The van der Waals surface area contributed by atoms with Crippen LogP contribution >= 0.6 is 0 Å². The number of rotatable bonds is 6. The van der Waals surface area contributed by atoms with Crippen LogP contribution in [0.2, 0.25) is 0 Å². The van der Waals surface area contributed by atoms with Gasteiger partial charge in [-0.15, -0.1) is 13.2 Å². The van der Waals surface area contributed by atoms with Crippen molar-refractivity contribution in [3.63, 3.8) is 0 Å². The number of nitrogens with zero attached hydrogens (tertiary/aromatic N) is 1. The molecule has 24 heavy (non-hydrogen) atoms. The summed E-state index contributed by atoms with van der Waals surface area (Å²) in [5, 5.41) is 9.35. The third-order valence-electron chi connectivity index (χ3n) is 4.02. The summed E-state index contributed by atoms with van der Waals surface area (Å²) in [6.07, 6.45) is -3.58. The molecule has 0 radical (unpaired) electrons. The molecule has 0 spiro atoms. The first-order valence-electron chi connectivity index (χ1n) is 7.60. The predicted molar refractivity (Wildman–Crippen MR) is 79.4 cm³/mol. The van der Waals surface area contributed by atoms with Gasteiger partial charge in [-0.2, -0.15) is 0 Å². The van der Waals surface area contributed by atoms with Gasteiger partial charge in [-0.3, -0.25) is 4.79 Å². The SMILES string of the molecule is CO[C@@H]1C[C@@H](CO)N(C(=O)CCc2ccc(OC(F)(F)F)cc2)C1. The predicted octanol–water partition coefficient (Wildman–Crippen LogP) is 2.13. The lowest BCUT2D eigenvalue weighted by Crippen LogP contribution is -2.38. The van der Waals surface area contributed by atoms with E-state index in [4.69, 9.17) is 4.74 Å². The lowest BCUT2D eigenvalue weighted by molar-refractivity contribution is -0.274. The van der Waals surface area contributed by atoms with Crippen molar-refractivity contribution < 1.29 is 32.5 Å². The second-order valence-electron chi connectivity index (χ2n) is 5.67. The zero-order chi connectivity index (χ0) is 17.7. The zero-order valence-corrected chi connectivity index (χ0v) is 13.3. The van der Waals surface area contributed by atoms with E-state index in [-0.39, 0.29) is 36.8 Å². The maximum absolute atomic E-state index is 12.3. The smallest absolute Gasteiger partial charge is 0.406 e. The van der Waals surface area contributed by atoms with Crippen molar-refractivity contribution in [1.82, 2.24) is 4.90 Å². The van der Waals surface area contributed by atoms with Crippen LogP contribution in [-0.2, 0) is 16.0 Å². The zero-order valence-electron chi connectivity index (χ0n) is 13.3. The van der Waals surface area contributed by atoms with E-state index in [2.05, 4.69) is 4.74 Å². The van der Waals surface area contributed by atoms with Crippen molar-refractivity contribution in [3.8, 4) is 5.75 Å². The van der Waals surface area contributed by atoms with Gasteiger partial charge < -0.3 is 19.5 Å². The summed E-state index contributed by atoms with van der Waals surface area (Å²) in [5.41, 5.74) is 0.737. The number of carbonyl (C=O) groups is 1. The first-order chi connectivity index (χ1) is 11.3. The van der Waals surface area contributed by atoms with Gasteiger partial charge in [-0.25, -0.2) is 0 Å². The second-order valence-corrected chi connectivity index (χ2v) is 5.67. The van der Waals surface area contributed by atoms with Gasteiger partial charge in [0.15, 0.2) is 0 Å². The van der Waals surface area contributed by atoms with Gasteiger partial charge in [0, 0.05) is 20.1 Å². The highest BCUT2D eigenvalue weighted by Crippen LogP contribution is 2.24. The van der Waals surface area contributed by atoms with E-state index >= 15 is 0 Å². The molecule has 134 valence electrons. The number of hydrogen-bond acceptors (Lipinski definition) is 4. The number of hydrogen-bond donors (Lipinski definition) is 1. The molecular weight excluding hydrogens is 327 g/mol. The molecule has 1 heterocycles. The van der Waals surface area contributed by atoms with Gasteiger partial charge in [0.25, 0.3) is 0 Å². The Balaban J connectivity index is 1.87. The Bertz CT molecular complexity index is 547. The average Bonchev–Trinajstić information content (AvgIpc) is 2.96. The number of alkyl halides is 3. The molecule has 0 bridgehead atoms. The minimum atomic E-state index is -4.72. The maximum atomic E-state index is 12.3. The second kappa shape index (κ2) is 7.85. The summed E-state index contributed by atoms with van der Waals surface area (Å²) in [6.45, 7) is 0.327. The average molecular weight is 347 g/mol. The molecule has 1 aromatic carbocycles. The van der Waals surface area contributed by atoms with E-state index in [1.807, 2.05) is 0 Å². The molecule has 1 saturated heterocycles. The van der Waals surface area contributed by atoms with Crippen molar-refractivity contribution in [3.05, 3.63) is 29.8 Å². The molecule has 1 amide bonds. The van der Waals surface area contributed by atoms with Crippen molar-refractivity contribution in [2.75, 3.05) is 20.3 Å². The molecule has 0 unspecified atom stereocenters. The molecule has 0 saturated carbocycles. The Morgan fingerprint density at radius 2 is 2.00 bits per heavy atom. The highest BCUT2D eigenvalue weighted by atomic mass is 19.4. The molecule has 2 atom stereocenters. The first kappa shape index (κ1) is 18.5. The monoisotopic (exact) mass is 347 g/mol. The van der Waals surface area contributed by atoms with Gasteiger partial charge in [-0.05, 0) is 30.5 Å². The summed E-state index contributed by atoms with van der Waals surface area (Å²) < 4.78 is 45.3. The number of benzene rings is 1. The minimum Gasteiger partial charge on any atom is -0.406 e. The third kappa shape index (κ3) is 5.10. The van der Waals surface area contributed by atoms with Crippen LogP contribution in [-0.4, -0.2) is 54.7 Å². The summed E-state index contributed by atoms with van der Waals surface area (Å²) in [6, 6.07) is 5.20. The molecule has 2 rings (SSSR count). The van der Waals surface area contributed by atoms with Crippen LogP contribution in [0.5, 0.6) is 5.75 Å². The van der Waals surface area contributed by atoms with Crippen molar-refractivity contribution in [1.29, 1.82) is 0 Å². The Labute approximate surface area is 138 Å². The van der Waals surface area contributed by atoms with Crippen LogP contribution in [0, 0.1) is 0 Å². The normalized spacial score (nSPS) is 21.1. The van der Waals surface area contributed by atoms with Crippen LogP contribution in [0.15, 0.2) is 24.3 Å². The molecular formula is C16H20F3NO4. The fourth-order valence-corrected chi connectivity index (χ4v) is 2.78. The van der Waals surface area contributed by atoms with E-state index in [0.717, 1.165) is 5.56 Å². The van der Waals surface area contributed by atoms with Gasteiger partial charge in [-0.1, -0.05) is 12.1 Å². The molecule has 1 fully saturated rings. The maximum Gasteiger partial charge on any atom is 0.573 e. The standard InChI is InChI=1S/C16H20F3NO4/c1-23-14-8-12(10-21)20(9-14)15(22)7-4-11-2-5-13(6-3-11)24-16(17,18)19/h2-3,5-6,12,14,21H,4,7-10H2,1H3/t12-,14+/m0/s1. The van der Waals surface area contributed by atoms with E-state index in [1.165, 1.54) is 24.3 Å². The van der Waals surface area contributed by atoms with Gasteiger partial charge >= 0.3 is 6.36 Å². The highest BCUT2D eigenvalue weighted by Gasteiger charge is 2.34. The third-order valence-corrected chi connectivity index (χ3v) is 4.02. The van der Waals surface area contributed by atoms with E-state index in [0.29, 0.717) is 19.4 Å². The van der Waals surface area contributed by atoms with Crippen LogP contribution in [0.3, 0.4) is 0 Å². The van der Waals surface area contributed by atoms with E-state index < -0.39 is 6.36 Å². The summed E-state index contributed by atoms with van der Waals surface area (Å²) in [7, 11) is 1.57. The Morgan fingerprint density at radius 1 is 1.33 bits per heavy atom. The lowest BCUT2D eigenvalue weighted by Gasteiger charge is -2.22. The molecule has 8 heteroatoms. The topological polar surface area (TPSA) is 59.0 Å². The number of halogens is 3. The van der Waals surface area contributed by atoms with Crippen LogP contribution in [0.1, 0.15) is 18.4 Å². The molecule has 0 aromatic heterocycles. The number of amides is 1. The largest absolute Gasteiger partial charge is 0.573 e. The quantitative estimate of drug-likeness (QED) is 0.856. The number of likely N-dealkylation sites (tertiary alicyclic amines) is 1. The Morgan fingerprint density at radius 3 is 2.54 bits per heavy atom. The fourth-order valence-electron chi connectivity index (χ4n) is 2.78. The fraction of sp³-hybridized carbons (Fsp3) is 0.562. The molecule has 1 aliphatic rings. The summed E-state index contributed by atoms with van der Waals surface area (Å²) >= 11 is 0. The number of aryl methyl sites for hydroxylation is 1. The summed E-state index contributed by atoms with van der Waals surface area (Å²) in [5.74, 6) is -0.399. The Kier molecular flexibility index (Phi) is 6.06. The van der Waals surface area contributed by atoms with Crippen LogP contribution in [0.25, 0.3) is 0 Å². The number of ether oxygens (including phenoxy) is 2. The van der Waals surface area contributed by atoms with Crippen molar-refractivity contribution >= 4 is 5.91 Å². The Hall–Kier alpha value is -1.80. The van der Waals surface area contributed by atoms with Crippen LogP contribution in [0.4, 0.5) is 13.2 Å².